The molecule has 69 valence electrons. The summed E-state index contributed by atoms with van der Waals surface area (Å²) in [5.41, 5.74) is 1.36. The minimum atomic E-state index is 0.446. The maximum atomic E-state index is 3.44. The van der Waals surface area contributed by atoms with Gasteiger partial charge in [-0.3, -0.25) is 0 Å². The van der Waals surface area contributed by atoms with Crippen LogP contribution >= 0.6 is 0 Å². The fourth-order valence-corrected chi connectivity index (χ4v) is 1.38. The molecule has 1 aromatic carbocycles. The normalized spacial score (nSPS) is 18.5. The molecule has 0 aliphatic heterocycles. The van der Waals surface area contributed by atoms with E-state index in [-0.39, 0.29) is 0 Å². The zero-order valence-electron chi connectivity index (χ0n) is 8.03. The molecular formula is C12H16N. The highest BCUT2D eigenvalue weighted by Gasteiger charge is 2.21. The van der Waals surface area contributed by atoms with Gasteiger partial charge >= 0.3 is 0 Å². The Morgan fingerprint density at radius 2 is 2.00 bits per heavy atom. The summed E-state index contributed by atoms with van der Waals surface area (Å²) in [7, 11) is 0. The second kappa shape index (κ2) is 3.93. The van der Waals surface area contributed by atoms with E-state index in [2.05, 4.69) is 49.1 Å². The molecule has 1 N–H and O–H groups in total. The van der Waals surface area contributed by atoms with Crippen molar-refractivity contribution in [2.75, 3.05) is 0 Å². The molecule has 0 bridgehead atoms. The van der Waals surface area contributed by atoms with Crippen LogP contribution in [-0.2, 0) is 0 Å². The third-order valence-electron chi connectivity index (χ3n) is 2.50. The van der Waals surface area contributed by atoms with Gasteiger partial charge in [0, 0.05) is 12.6 Å². The van der Waals surface area contributed by atoms with Gasteiger partial charge in [-0.2, -0.15) is 0 Å². The SMILES string of the molecule is C[C@H](N[CH]C1CC1)c1ccccc1. The molecule has 0 unspecified atom stereocenters. The largest absolute Gasteiger partial charge is 0.306 e. The van der Waals surface area contributed by atoms with E-state index < -0.39 is 0 Å². The van der Waals surface area contributed by atoms with Crippen molar-refractivity contribution in [3.63, 3.8) is 0 Å². The predicted octanol–water partition coefficient (Wildman–Crippen LogP) is 2.91. The van der Waals surface area contributed by atoms with Gasteiger partial charge in [-0.25, -0.2) is 0 Å². The Bertz CT molecular complexity index is 251. The standard InChI is InChI=1S/C12H16N/c1-10(13-9-11-7-8-11)12-5-3-2-4-6-12/h2-6,9-11,13H,7-8H2,1H3/t10-/m0/s1. The highest BCUT2D eigenvalue weighted by molar-refractivity contribution is 5.18. The molecule has 1 saturated carbocycles. The smallest absolute Gasteiger partial charge is 0.0295 e. The first-order chi connectivity index (χ1) is 6.36. The molecule has 1 aliphatic rings. The van der Waals surface area contributed by atoms with Gasteiger partial charge in [0.1, 0.15) is 0 Å². The van der Waals surface area contributed by atoms with E-state index in [4.69, 9.17) is 0 Å². The summed E-state index contributed by atoms with van der Waals surface area (Å²) in [4.78, 5) is 0. The topological polar surface area (TPSA) is 12.0 Å². The summed E-state index contributed by atoms with van der Waals surface area (Å²) < 4.78 is 0. The van der Waals surface area contributed by atoms with E-state index in [0.29, 0.717) is 6.04 Å². The highest BCUT2D eigenvalue weighted by atomic mass is 14.9. The number of rotatable bonds is 4. The van der Waals surface area contributed by atoms with Gasteiger partial charge in [-0.15, -0.1) is 0 Å². The summed E-state index contributed by atoms with van der Waals surface area (Å²) in [6, 6.07) is 11.0. The Morgan fingerprint density at radius 1 is 1.31 bits per heavy atom. The Balaban J connectivity index is 1.85. The summed E-state index contributed by atoms with van der Waals surface area (Å²) in [6.45, 7) is 4.45. The molecule has 1 aliphatic carbocycles. The molecule has 0 spiro atoms. The van der Waals surface area contributed by atoms with Crippen molar-refractivity contribution in [3.8, 4) is 0 Å². The first-order valence-corrected chi connectivity index (χ1v) is 5.00. The van der Waals surface area contributed by atoms with E-state index >= 15 is 0 Å². The van der Waals surface area contributed by atoms with Gasteiger partial charge in [-0.05, 0) is 31.2 Å². The van der Waals surface area contributed by atoms with Gasteiger partial charge in [0.05, 0.1) is 0 Å². The molecule has 1 heteroatoms. The van der Waals surface area contributed by atoms with Crippen LogP contribution < -0.4 is 5.32 Å². The molecule has 0 saturated heterocycles. The lowest BCUT2D eigenvalue weighted by Crippen LogP contribution is -2.16. The number of hydrogen-bond donors (Lipinski definition) is 1. The fourth-order valence-electron chi connectivity index (χ4n) is 1.38. The minimum Gasteiger partial charge on any atom is -0.306 e. The Kier molecular flexibility index (Phi) is 2.65. The Hall–Kier alpha value is -0.820. The number of hydrogen-bond acceptors (Lipinski definition) is 1. The Labute approximate surface area is 80.2 Å². The highest BCUT2D eigenvalue weighted by Crippen LogP contribution is 2.31. The third-order valence-corrected chi connectivity index (χ3v) is 2.50. The van der Waals surface area contributed by atoms with Crippen LogP contribution in [-0.4, -0.2) is 0 Å². The summed E-state index contributed by atoms with van der Waals surface area (Å²) in [6.07, 6.45) is 2.74. The third kappa shape index (κ3) is 2.56. The molecule has 1 atom stereocenters. The second-order valence-corrected chi connectivity index (χ2v) is 3.80. The Morgan fingerprint density at radius 3 is 2.62 bits per heavy atom. The molecule has 1 nitrogen and oxygen atoms in total. The molecule has 0 heterocycles. The average Bonchev–Trinajstić information content (AvgIpc) is 2.99. The van der Waals surface area contributed by atoms with Gasteiger partial charge in [0.2, 0.25) is 0 Å². The summed E-state index contributed by atoms with van der Waals surface area (Å²) in [5.74, 6) is 0.839. The van der Waals surface area contributed by atoms with Crippen LogP contribution in [0.1, 0.15) is 31.4 Å². The van der Waals surface area contributed by atoms with E-state index in [1.807, 2.05) is 0 Å². The van der Waals surface area contributed by atoms with Gasteiger partial charge < -0.3 is 5.32 Å². The number of benzene rings is 1. The summed E-state index contributed by atoms with van der Waals surface area (Å²) in [5, 5.41) is 3.44. The molecular weight excluding hydrogens is 158 g/mol. The van der Waals surface area contributed by atoms with Crippen molar-refractivity contribution in [3.05, 3.63) is 42.4 Å². The fraction of sp³-hybridized carbons (Fsp3) is 0.417. The maximum absolute atomic E-state index is 3.44. The van der Waals surface area contributed by atoms with E-state index in [9.17, 15) is 0 Å². The average molecular weight is 174 g/mol. The molecule has 1 aromatic rings. The first-order valence-electron chi connectivity index (χ1n) is 5.00. The van der Waals surface area contributed by atoms with Crippen LogP contribution in [0.15, 0.2) is 30.3 Å². The molecule has 0 aromatic heterocycles. The molecule has 0 amide bonds. The first kappa shape index (κ1) is 8.76. The quantitative estimate of drug-likeness (QED) is 0.740. The lowest BCUT2D eigenvalue weighted by atomic mass is 10.1. The van der Waals surface area contributed by atoms with Crippen LogP contribution in [0.2, 0.25) is 0 Å². The molecule has 2 rings (SSSR count). The second-order valence-electron chi connectivity index (χ2n) is 3.80. The summed E-state index contributed by atoms with van der Waals surface area (Å²) >= 11 is 0. The zero-order chi connectivity index (χ0) is 9.10. The zero-order valence-corrected chi connectivity index (χ0v) is 8.03. The van der Waals surface area contributed by atoms with Crippen molar-refractivity contribution in [2.45, 2.75) is 25.8 Å². The molecule has 1 fully saturated rings. The lowest BCUT2D eigenvalue weighted by molar-refractivity contribution is 0.614. The lowest BCUT2D eigenvalue weighted by Gasteiger charge is -2.12. The van der Waals surface area contributed by atoms with Crippen LogP contribution in [0, 0.1) is 12.5 Å². The van der Waals surface area contributed by atoms with Crippen molar-refractivity contribution < 1.29 is 0 Å². The van der Waals surface area contributed by atoms with Crippen molar-refractivity contribution >= 4 is 0 Å². The van der Waals surface area contributed by atoms with E-state index in [1.54, 1.807) is 0 Å². The maximum Gasteiger partial charge on any atom is 0.0295 e. The van der Waals surface area contributed by atoms with Gasteiger partial charge in [0.25, 0.3) is 0 Å². The van der Waals surface area contributed by atoms with E-state index in [0.717, 1.165) is 5.92 Å². The van der Waals surface area contributed by atoms with Crippen molar-refractivity contribution in [1.29, 1.82) is 0 Å². The van der Waals surface area contributed by atoms with Crippen molar-refractivity contribution in [2.24, 2.45) is 5.92 Å². The van der Waals surface area contributed by atoms with Crippen LogP contribution in [0.5, 0.6) is 0 Å². The predicted molar refractivity (Wildman–Crippen MR) is 55.0 cm³/mol. The molecule has 1 radical (unpaired) electrons. The van der Waals surface area contributed by atoms with Crippen molar-refractivity contribution in [1.82, 2.24) is 5.32 Å². The van der Waals surface area contributed by atoms with Crippen LogP contribution in [0.3, 0.4) is 0 Å². The molecule has 13 heavy (non-hydrogen) atoms. The monoisotopic (exact) mass is 174 g/mol. The van der Waals surface area contributed by atoms with Gasteiger partial charge in [-0.1, -0.05) is 30.3 Å². The van der Waals surface area contributed by atoms with Crippen LogP contribution in [0.25, 0.3) is 0 Å². The number of nitrogens with one attached hydrogen (secondary N) is 1. The van der Waals surface area contributed by atoms with Crippen LogP contribution in [0.4, 0.5) is 0 Å². The van der Waals surface area contributed by atoms with E-state index in [1.165, 1.54) is 18.4 Å². The van der Waals surface area contributed by atoms with Gasteiger partial charge in [0.15, 0.2) is 0 Å². The minimum absolute atomic E-state index is 0.446.